The molecule has 0 saturated heterocycles. The fraction of sp³-hybridized carbons (Fsp3) is 0.500. The van der Waals surface area contributed by atoms with Crippen molar-refractivity contribution in [2.24, 2.45) is 11.8 Å². The smallest absolute Gasteiger partial charge is 0.255 e. The van der Waals surface area contributed by atoms with Crippen molar-refractivity contribution >= 4 is 29.1 Å². The summed E-state index contributed by atoms with van der Waals surface area (Å²) in [6.45, 7) is 11.1. The lowest BCUT2D eigenvalue weighted by Gasteiger charge is -2.11. The van der Waals surface area contributed by atoms with Gasteiger partial charge in [-0.05, 0) is 42.9 Å². The SMILES string of the molecule is CCc1c(C(=O)NCC(C)C)c(CC(C)C)nn1-c1ccc(Cl)c(Cl)c1. The normalized spacial score (nSPS) is 11.4. The second-order valence-corrected chi connectivity index (χ2v) is 8.15. The van der Waals surface area contributed by atoms with E-state index >= 15 is 0 Å². The van der Waals surface area contributed by atoms with Gasteiger partial charge in [-0.2, -0.15) is 5.10 Å². The molecule has 0 atom stereocenters. The molecule has 26 heavy (non-hydrogen) atoms. The van der Waals surface area contributed by atoms with Gasteiger partial charge in [0.15, 0.2) is 0 Å². The summed E-state index contributed by atoms with van der Waals surface area (Å²) in [6.07, 6.45) is 1.43. The maximum Gasteiger partial charge on any atom is 0.255 e. The Kier molecular flexibility index (Phi) is 7.13. The number of amides is 1. The number of carbonyl (C=O) groups excluding carboxylic acids is 1. The van der Waals surface area contributed by atoms with Gasteiger partial charge in [-0.3, -0.25) is 4.79 Å². The van der Waals surface area contributed by atoms with E-state index in [4.69, 9.17) is 28.3 Å². The Morgan fingerprint density at radius 3 is 2.38 bits per heavy atom. The van der Waals surface area contributed by atoms with Crippen LogP contribution < -0.4 is 5.32 Å². The van der Waals surface area contributed by atoms with E-state index in [1.165, 1.54) is 0 Å². The number of nitrogens with one attached hydrogen (secondary N) is 1. The van der Waals surface area contributed by atoms with Crippen LogP contribution in [0.3, 0.4) is 0 Å². The third-order valence-electron chi connectivity index (χ3n) is 4.04. The number of nitrogens with zero attached hydrogens (tertiary/aromatic N) is 2. The van der Waals surface area contributed by atoms with E-state index in [1.54, 1.807) is 12.1 Å². The first-order valence-corrected chi connectivity index (χ1v) is 9.84. The topological polar surface area (TPSA) is 46.9 Å². The molecule has 1 heterocycles. The van der Waals surface area contributed by atoms with Crippen molar-refractivity contribution in [1.29, 1.82) is 0 Å². The molecule has 0 saturated carbocycles. The summed E-state index contributed by atoms with van der Waals surface area (Å²) in [5.74, 6) is 0.730. The van der Waals surface area contributed by atoms with Gasteiger partial charge < -0.3 is 5.32 Å². The van der Waals surface area contributed by atoms with Crippen LogP contribution in [-0.4, -0.2) is 22.2 Å². The molecule has 2 rings (SSSR count). The summed E-state index contributed by atoms with van der Waals surface area (Å²) >= 11 is 12.2. The van der Waals surface area contributed by atoms with E-state index in [0.717, 1.165) is 23.5 Å². The van der Waals surface area contributed by atoms with Gasteiger partial charge in [0.25, 0.3) is 5.91 Å². The first kappa shape index (κ1) is 20.8. The molecule has 1 N–H and O–H groups in total. The zero-order chi connectivity index (χ0) is 19.4. The minimum Gasteiger partial charge on any atom is -0.352 e. The monoisotopic (exact) mass is 395 g/mol. The van der Waals surface area contributed by atoms with Gasteiger partial charge in [-0.1, -0.05) is 57.8 Å². The summed E-state index contributed by atoms with van der Waals surface area (Å²) in [7, 11) is 0. The number of hydrogen-bond donors (Lipinski definition) is 1. The maximum absolute atomic E-state index is 12.9. The zero-order valence-electron chi connectivity index (χ0n) is 16.1. The Hall–Kier alpha value is -1.52. The van der Waals surface area contributed by atoms with E-state index in [1.807, 2.05) is 17.7 Å². The predicted molar refractivity (Wildman–Crippen MR) is 109 cm³/mol. The highest BCUT2D eigenvalue weighted by molar-refractivity contribution is 6.42. The third-order valence-corrected chi connectivity index (χ3v) is 4.77. The maximum atomic E-state index is 12.9. The first-order valence-electron chi connectivity index (χ1n) is 9.08. The highest BCUT2D eigenvalue weighted by Gasteiger charge is 2.24. The van der Waals surface area contributed by atoms with Gasteiger partial charge >= 0.3 is 0 Å². The third kappa shape index (κ3) is 4.80. The molecule has 1 aromatic heterocycles. The second-order valence-electron chi connectivity index (χ2n) is 7.33. The molecule has 0 aliphatic carbocycles. The highest BCUT2D eigenvalue weighted by atomic mass is 35.5. The zero-order valence-corrected chi connectivity index (χ0v) is 17.6. The largest absolute Gasteiger partial charge is 0.352 e. The Morgan fingerprint density at radius 2 is 1.85 bits per heavy atom. The fourth-order valence-electron chi connectivity index (χ4n) is 2.84. The summed E-state index contributed by atoms with van der Waals surface area (Å²) in [5, 5.41) is 8.77. The fourth-order valence-corrected chi connectivity index (χ4v) is 3.13. The molecular formula is C20H27Cl2N3O. The van der Waals surface area contributed by atoms with E-state index in [9.17, 15) is 4.79 Å². The molecule has 0 bridgehead atoms. The number of aromatic nitrogens is 2. The van der Waals surface area contributed by atoms with Crippen molar-refractivity contribution in [2.45, 2.75) is 47.5 Å². The number of halogens is 2. The molecule has 6 heteroatoms. The van der Waals surface area contributed by atoms with Crippen molar-refractivity contribution < 1.29 is 4.79 Å². The second kappa shape index (κ2) is 8.92. The van der Waals surface area contributed by atoms with E-state index in [-0.39, 0.29) is 5.91 Å². The summed E-state index contributed by atoms with van der Waals surface area (Å²) in [4.78, 5) is 12.9. The summed E-state index contributed by atoms with van der Waals surface area (Å²) in [6, 6.07) is 5.40. The van der Waals surface area contributed by atoms with Crippen LogP contribution in [0.5, 0.6) is 0 Å². The van der Waals surface area contributed by atoms with Crippen LogP contribution >= 0.6 is 23.2 Å². The molecule has 0 aliphatic rings. The van der Waals surface area contributed by atoms with E-state index in [2.05, 4.69) is 33.0 Å². The Labute approximate surface area is 165 Å². The quantitative estimate of drug-likeness (QED) is 0.688. The molecule has 142 valence electrons. The van der Waals surface area contributed by atoms with Crippen LogP contribution in [0.15, 0.2) is 18.2 Å². The summed E-state index contributed by atoms with van der Waals surface area (Å²) in [5.41, 5.74) is 3.21. The average molecular weight is 396 g/mol. The van der Waals surface area contributed by atoms with Gasteiger partial charge in [0.05, 0.1) is 32.7 Å². The minimum atomic E-state index is -0.0579. The Bertz CT molecular complexity index is 782. The molecule has 0 radical (unpaired) electrons. The number of carbonyl (C=O) groups is 1. The van der Waals surface area contributed by atoms with Gasteiger partial charge in [0.1, 0.15) is 0 Å². The molecule has 0 unspecified atom stereocenters. The standard InChI is InChI=1S/C20H27Cl2N3O/c1-6-18-19(20(26)23-11-13(4)5)17(9-12(2)3)24-25(18)14-7-8-15(21)16(22)10-14/h7-8,10,12-13H,6,9,11H2,1-5H3,(H,23,26). The highest BCUT2D eigenvalue weighted by Crippen LogP contribution is 2.27. The van der Waals surface area contributed by atoms with Gasteiger partial charge in [-0.15, -0.1) is 0 Å². The molecule has 0 spiro atoms. The van der Waals surface area contributed by atoms with Crippen molar-refractivity contribution in [3.05, 3.63) is 45.2 Å². The van der Waals surface area contributed by atoms with Crippen LogP contribution in [0.1, 0.15) is 56.4 Å². The molecule has 4 nitrogen and oxygen atoms in total. The summed E-state index contributed by atoms with van der Waals surface area (Å²) < 4.78 is 1.82. The minimum absolute atomic E-state index is 0.0579. The molecular weight excluding hydrogens is 369 g/mol. The average Bonchev–Trinajstić information content (AvgIpc) is 2.92. The molecule has 1 aromatic carbocycles. The van der Waals surface area contributed by atoms with Crippen molar-refractivity contribution in [1.82, 2.24) is 15.1 Å². The van der Waals surface area contributed by atoms with Crippen LogP contribution in [0.2, 0.25) is 10.0 Å². The van der Waals surface area contributed by atoms with Crippen LogP contribution in [-0.2, 0) is 12.8 Å². The molecule has 0 fully saturated rings. The Balaban J connectivity index is 2.55. The predicted octanol–water partition coefficient (Wildman–Crippen LogP) is 5.33. The molecule has 2 aromatic rings. The van der Waals surface area contributed by atoms with Crippen molar-refractivity contribution in [3.8, 4) is 5.69 Å². The van der Waals surface area contributed by atoms with Gasteiger partial charge in [-0.25, -0.2) is 4.68 Å². The molecule has 0 aliphatic heterocycles. The number of hydrogen-bond acceptors (Lipinski definition) is 2. The van der Waals surface area contributed by atoms with E-state index < -0.39 is 0 Å². The lowest BCUT2D eigenvalue weighted by atomic mass is 10.0. The Morgan fingerprint density at radius 1 is 1.15 bits per heavy atom. The molecule has 1 amide bonds. The number of rotatable bonds is 7. The lowest BCUT2D eigenvalue weighted by molar-refractivity contribution is 0.0947. The van der Waals surface area contributed by atoms with E-state index in [0.29, 0.717) is 40.4 Å². The van der Waals surface area contributed by atoms with Crippen molar-refractivity contribution in [2.75, 3.05) is 6.54 Å². The van der Waals surface area contributed by atoms with Gasteiger partial charge in [0, 0.05) is 6.54 Å². The van der Waals surface area contributed by atoms with Crippen molar-refractivity contribution in [3.63, 3.8) is 0 Å². The van der Waals surface area contributed by atoms with Crippen LogP contribution in [0, 0.1) is 11.8 Å². The number of benzene rings is 1. The van der Waals surface area contributed by atoms with Gasteiger partial charge in [0.2, 0.25) is 0 Å². The van der Waals surface area contributed by atoms with Crippen LogP contribution in [0.4, 0.5) is 0 Å². The van der Waals surface area contributed by atoms with Crippen LogP contribution in [0.25, 0.3) is 5.69 Å². The first-order chi connectivity index (χ1) is 12.2. The lowest BCUT2D eigenvalue weighted by Crippen LogP contribution is -2.29.